The fraction of sp³-hybridized carbons (Fsp3) is 0.560. The molecule has 0 spiro atoms. The summed E-state index contributed by atoms with van der Waals surface area (Å²) in [6.45, 7) is -1.23. The second kappa shape index (κ2) is 8.10. The largest absolute Gasteiger partial charge is 0.510 e. The van der Waals surface area contributed by atoms with E-state index in [0.717, 1.165) is 47.8 Å². The van der Waals surface area contributed by atoms with Crippen molar-refractivity contribution in [1.29, 1.82) is 0 Å². The quantitative estimate of drug-likeness (QED) is 0.579. The Bertz CT molecular complexity index is 893. The fourth-order valence-electron chi connectivity index (χ4n) is 6.18. The van der Waals surface area contributed by atoms with Gasteiger partial charge in [-0.1, -0.05) is 74.9 Å². The van der Waals surface area contributed by atoms with Gasteiger partial charge in [-0.3, -0.25) is 4.74 Å². The van der Waals surface area contributed by atoms with Gasteiger partial charge in [-0.15, -0.1) is 0 Å². The van der Waals surface area contributed by atoms with Crippen molar-refractivity contribution in [2.45, 2.75) is 76.3 Å². The summed E-state index contributed by atoms with van der Waals surface area (Å²) < 4.78 is 17.8. The van der Waals surface area contributed by atoms with E-state index in [9.17, 15) is 9.90 Å². The van der Waals surface area contributed by atoms with Crippen molar-refractivity contribution < 1.29 is 24.1 Å². The Kier molecular flexibility index (Phi) is 5.32. The number of carbonyl (C=O) groups is 1. The topological polar surface area (TPSA) is 65.0 Å². The van der Waals surface area contributed by atoms with Crippen molar-refractivity contribution in [3.63, 3.8) is 0 Å². The molecular weight excluding hydrogens is 380 g/mol. The van der Waals surface area contributed by atoms with E-state index in [1.165, 1.54) is 38.5 Å². The molecular formula is C25H30O5. The maximum atomic E-state index is 11.4. The molecule has 0 amide bonds. The zero-order chi connectivity index (χ0) is 20.6. The van der Waals surface area contributed by atoms with E-state index >= 15 is 0 Å². The molecule has 1 atom stereocenters. The molecule has 1 N–H and O–H groups in total. The van der Waals surface area contributed by atoms with Gasteiger partial charge in [0.1, 0.15) is 11.4 Å². The summed E-state index contributed by atoms with van der Waals surface area (Å²) >= 11 is 0. The molecule has 1 heterocycles. The first-order valence-corrected chi connectivity index (χ1v) is 11.4. The Morgan fingerprint density at radius 1 is 0.900 bits per heavy atom. The van der Waals surface area contributed by atoms with Gasteiger partial charge in [-0.05, 0) is 42.9 Å². The highest BCUT2D eigenvalue weighted by molar-refractivity contribution is 5.90. The van der Waals surface area contributed by atoms with Gasteiger partial charge < -0.3 is 14.6 Å². The number of rotatable bonds is 3. The van der Waals surface area contributed by atoms with Crippen LogP contribution in [-0.2, 0) is 15.1 Å². The van der Waals surface area contributed by atoms with Crippen LogP contribution in [0.2, 0.25) is 0 Å². The molecule has 2 aliphatic carbocycles. The molecule has 3 aliphatic rings. The Labute approximate surface area is 177 Å². The minimum atomic E-state index is -1.37. The number of ether oxygens (including phenoxy) is 3. The van der Waals surface area contributed by atoms with Crippen molar-refractivity contribution in [3.05, 3.63) is 42.0 Å². The van der Waals surface area contributed by atoms with E-state index in [1.807, 2.05) is 18.2 Å². The number of hydrogen-bond donors (Lipinski definition) is 1. The van der Waals surface area contributed by atoms with Crippen molar-refractivity contribution in [3.8, 4) is 5.75 Å². The standard InChI is InChI=1S/C25H30O5/c26-23(27)29-24-28-22-20-14-8-7-9-17(20)15-16-21(22)25(30-24,18-10-3-1-4-11-18)19-12-5-2-6-13-19/h7-9,14-16,18-19,24H,1-6,10-13H2,(H,26,27). The lowest BCUT2D eigenvalue weighted by Gasteiger charge is -2.52. The third-order valence-electron chi connectivity index (χ3n) is 7.43. The Balaban J connectivity index is 1.71. The number of fused-ring (bicyclic) bond motifs is 3. The molecule has 2 aromatic rings. The van der Waals surface area contributed by atoms with Crippen LogP contribution < -0.4 is 4.74 Å². The summed E-state index contributed by atoms with van der Waals surface area (Å²) in [5, 5.41) is 11.4. The van der Waals surface area contributed by atoms with Gasteiger partial charge in [-0.2, -0.15) is 0 Å². The fourth-order valence-corrected chi connectivity index (χ4v) is 6.18. The lowest BCUT2D eigenvalue weighted by Crippen LogP contribution is -2.53. The normalized spacial score (nSPS) is 24.7. The Hall–Kier alpha value is -2.27. The first-order chi connectivity index (χ1) is 14.7. The van der Waals surface area contributed by atoms with Crippen LogP contribution in [0.5, 0.6) is 5.75 Å². The second-order valence-electron chi connectivity index (χ2n) is 9.03. The Morgan fingerprint density at radius 2 is 1.53 bits per heavy atom. The van der Waals surface area contributed by atoms with Gasteiger partial charge in [0, 0.05) is 10.9 Å². The van der Waals surface area contributed by atoms with E-state index in [4.69, 9.17) is 14.2 Å². The van der Waals surface area contributed by atoms with Crippen LogP contribution in [0.1, 0.15) is 69.8 Å². The first kappa shape index (κ1) is 19.7. The highest BCUT2D eigenvalue weighted by atomic mass is 16.9. The molecule has 2 aromatic carbocycles. The predicted molar refractivity (Wildman–Crippen MR) is 113 cm³/mol. The molecule has 0 radical (unpaired) electrons. The van der Waals surface area contributed by atoms with E-state index in [1.54, 1.807) is 0 Å². The molecule has 0 bridgehead atoms. The summed E-state index contributed by atoms with van der Waals surface area (Å²) in [6, 6.07) is 12.4. The zero-order valence-corrected chi connectivity index (χ0v) is 17.3. The molecule has 2 fully saturated rings. The van der Waals surface area contributed by atoms with Gasteiger partial charge in [0.05, 0.1) is 0 Å². The van der Waals surface area contributed by atoms with E-state index < -0.39 is 18.2 Å². The van der Waals surface area contributed by atoms with Crippen LogP contribution in [0.3, 0.4) is 0 Å². The third kappa shape index (κ3) is 3.33. The zero-order valence-electron chi connectivity index (χ0n) is 17.3. The first-order valence-electron chi connectivity index (χ1n) is 11.4. The van der Waals surface area contributed by atoms with Crippen molar-refractivity contribution >= 4 is 16.9 Å². The van der Waals surface area contributed by atoms with Crippen molar-refractivity contribution in [2.75, 3.05) is 0 Å². The highest BCUT2D eigenvalue weighted by Gasteiger charge is 2.54. The minimum Gasteiger partial charge on any atom is -0.450 e. The molecule has 0 aromatic heterocycles. The van der Waals surface area contributed by atoms with Crippen LogP contribution in [0.4, 0.5) is 4.79 Å². The molecule has 5 heteroatoms. The summed E-state index contributed by atoms with van der Waals surface area (Å²) in [4.78, 5) is 11.4. The molecule has 2 saturated carbocycles. The van der Waals surface area contributed by atoms with Gasteiger partial charge in [0.25, 0.3) is 0 Å². The van der Waals surface area contributed by atoms with Crippen LogP contribution in [-0.4, -0.2) is 17.7 Å². The average Bonchev–Trinajstić information content (AvgIpc) is 2.79. The van der Waals surface area contributed by atoms with Crippen molar-refractivity contribution in [2.24, 2.45) is 11.8 Å². The molecule has 5 rings (SSSR count). The molecule has 0 saturated heterocycles. The maximum Gasteiger partial charge on any atom is 0.510 e. The van der Waals surface area contributed by atoms with Gasteiger partial charge in [0.15, 0.2) is 0 Å². The molecule has 160 valence electrons. The number of hydrogen-bond acceptors (Lipinski definition) is 4. The predicted octanol–water partition coefficient (Wildman–Crippen LogP) is 6.58. The number of benzene rings is 2. The van der Waals surface area contributed by atoms with E-state index in [-0.39, 0.29) is 0 Å². The summed E-state index contributed by atoms with van der Waals surface area (Å²) in [6.07, 6.45) is 10.3. The van der Waals surface area contributed by atoms with Gasteiger partial charge in [0.2, 0.25) is 0 Å². The number of carboxylic acid groups (broad SMARTS) is 1. The average molecular weight is 411 g/mol. The molecule has 1 aliphatic heterocycles. The third-order valence-corrected chi connectivity index (χ3v) is 7.43. The molecule has 30 heavy (non-hydrogen) atoms. The van der Waals surface area contributed by atoms with Crippen LogP contribution in [0, 0.1) is 11.8 Å². The van der Waals surface area contributed by atoms with Gasteiger partial charge in [-0.25, -0.2) is 4.79 Å². The Morgan fingerprint density at radius 3 is 2.17 bits per heavy atom. The van der Waals surface area contributed by atoms with E-state index in [2.05, 4.69) is 18.2 Å². The minimum absolute atomic E-state index is 0.345. The molecule has 5 nitrogen and oxygen atoms in total. The van der Waals surface area contributed by atoms with Crippen molar-refractivity contribution in [1.82, 2.24) is 0 Å². The lowest BCUT2D eigenvalue weighted by molar-refractivity contribution is -0.323. The van der Waals surface area contributed by atoms with Crippen LogP contribution in [0.25, 0.3) is 10.8 Å². The van der Waals surface area contributed by atoms with Gasteiger partial charge >= 0.3 is 12.6 Å². The lowest BCUT2D eigenvalue weighted by atomic mass is 9.62. The smallest absolute Gasteiger partial charge is 0.450 e. The van der Waals surface area contributed by atoms with E-state index in [0.29, 0.717) is 11.8 Å². The highest BCUT2D eigenvalue weighted by Crippen LogP contribution is 2.57. The maximum absolute atomic E-state index is 11.4. The summed E-state index contributed by atoms with van der Waals surface area (Å²) in [7, 11) is 0. The van der Waals surface area contributed by atoms with Crippen LogP contribution >= 0.6 is 0 Å². The van der Waals surface area contributed by atoms with Crippen LogP contribution in [0.15, 0.2) is 36.4 Å². The molecule has 1 unspecified atom stereocenters. The summed E-state index contributed by atoms with van der Waals surface area (Å²) in [5.74, 6) is 1.43. The monoisotopic (exact) mass is 410 g/mol. The SMILES string of the molecule is O=C(O)OC1Oc2c(ccc3ccccc23)C(C2CCCCC2)(C2CCCCC2)O1. The summed E-state index contributed by atoms with van der Waals surface area (Å²) in [5.41, 5.74) is 0.531. The second-order valence-corrected chi connectivity index (χ2v) is 9.03.